The fraction of sp³-hybridized carbons (Fsp3) is 0.533. The Hall–Kier alpha value is -1.69. The fourth-order valence-corrected chi connectivity index (χ4v) is 1.96. The molecule has 0 saturated carbocycles. The van der Waals surface area contributed by atoms with Crippen LogP contribution in [-0.4, -0.2) is 29.8 Å². The smallest absolute Gasteiger partial charge is 0.315 e. The summed E-state index contributed by atoms with van der Waals surface area (Å²) in [5.41, 5.74) is -0.534. The number of hydrogen-bond donors (Lipinski definition) is 3. The number of rotatable bonds is 7. The Kier molecular flexibility index (Phi) is 6.55. The summed E-state index contributed by atoms with van der Waals surface area (Å²) in [6, 6.07) is 3.27. The van der Waals surface area contributed by atoms with Gasteiger partial charge in [-0.15, -0.1) is 0 Å². The Morgan fingerprint density at radius 3 is 2.48 bits per heavy atom. The molecule has 4 nitrogen and oxygen atoms in total. The lowest BCUT2D eigenvalue weighted by atomic mass is 9.95. The number of carbonyl (C=O) groups is 1. The molecule has 0 radical (unpaired) electrons. The van der Waals surface area contributed by atoms with Gasteiger partial charge in [-0.1, -0.05) is 13.0 Å². The summed E-state index contributed by atoms with van der Waals surface area (Å²) >= 11 is 0. The Balaban J connectivity index is 2.47. The van der Waals surface area contributed by atoms with Crippen LogP contribution in [0.5, 0.6) is 0 Å². The average molecular weight is 300 g/mol. The molecule has 0 spiro atoms. The van der Waals surface area contributed by atoms with Crippen molar-refractivity contribution in [2.75, 3.05) is 13.2 Å². The van der Waals surface area contributed by atoms with E-state index in [1.165, 1.54) is 18.2 Å². The molecule has 118 valence electrons. The van der Waals surface area contributed by atoms with Crippen molar-refractivity contribution in [3.05, 3.63) is 35.4 Å². The lowest BCUT2D eigenvalue weighted by Gasteiger charge is -2.29. The van der Waals surface area contributed by atoms with E-state index in [0.717, 1.165) is 0 Å². The molecule has 1 unspecified atom stereocenters. The summed E-state index contributed by atoms with van der Waals surface area (Å²) in [6.45, 7) is 3.84. The van der Waals surface area contributed by atoms with E-state index in [-0.39, 0.29) is 25.1 Å². The Morgan fingerprint density at radius 1 is 1.33 bits per heavy atom. The molecule has 0 bridgehead atoms. The number of benzene rings is 1. The normalized spacial score (nSPS) is 13.6. The Bertz CT molecular complexity index is 462. The number of amides is 2. The molecule has 2 amide bonds. The van der Waals surface area contributed by atoms with Gasteiger partial charge in [-0.3, -0.25) is 0 Å². The summed E-state index contributed by atoms with van der Waals surface area (Å²) in [4.78, 5) is 11.8. The van der Waals surface area contributed by atoms with Crippen LogP contribution in [0, 0.1) is 11.6 Å². The second kappa shape index (κ2) is 7.93. The van der Waals surface area contributed by atoms with Crippen molar-refractivity contribution in [1.29, 1.82) is 0 Å². The number of carbonyl (C=O) groups excluding carboxylic acids is 1. The highest BCUT2D eigenvalue weighted by Gasteiger charge is 2.23. The minimum Gasteiger partial charge on any atom is -0.396 e. The predicted octanol–water partition coefficient (Wildman–Crippen LogP) is 2.36. The molecule has 6 heteroatoms. The predicted molar refractivity (Wildman–Crippen MR) is 77.0 cm³/mol. The van der Waals surface area contributed by atoms with Crippen LogP contribution in [0.15, 0.2) is 18.2 Å². The third kappa shape index (κ3) is 5.30. The van der Waals surface area contributed by atoms with Gasteiger partial charge in [-0.25, -0.2) is 13.6 Å². The number of hydrogen-bond acceptors (Lipinski definition) is 2. The third-order valence-electron chi connectivity index (χ3n) is 3.58. The first kappa shape index (κ1) is 17.4. The van der Waals surface area contributed by atoms with Crippen LogP contribution in [0.2, 0.25) is 0 Å². The van der Waals surface area contributed by atoms with E-state index in [0.29, 0.717) is 12.8 Å². The van der Waals surface area contributed by atoms with Crippen molar-refractivity contribution in [2.24, 2.45) is 0 Å². The second-order valence-corrected chi connectivity index (χ2v) is 5.22. The first-order valence-electron chi connectivity index (χ1n) is 7.01. The van der Waals surface area contributed by atoms with Crippen LogP contribution < -0.4 is 10.6 Å². The maximum Gasteiger partial charge on any atom is 0.315 e. The van der Waals surface area contributed by atoms with Crippen molar-refractivity contribution < 1.29 is 18.7 Å². The van der Waals surface area contributed by atoms with Crippen molar-refractivity contribution in [3.8, 4) is 0 Å². The molecule has 3 N–H and O–H groups in total. The maximum absolute atomic E-state index is 13.4. The van der Waals surface area contributed by atoms with E-state index in [1.807, 2.05) is 13.8 Å². The van der Waals surface area contributed by atoms with Crippen molar-refractivity contribution in [1.82, 2.24) is 10.6 Å². The summed E-state index contributed by atoms with van der Waals surface area (Å²) in [7, 11) is 0. The van der Waals surface area contributed by atoms with Gasteiger partial charge in [0.25, 0.3) is 0 Å². The van der Waals surface area contributed by atoms with E-state index in [9.17, 15) is 13.6 Å². The van der Waals surface area contributed by atoms with E-state index in [4.69, 9.17) is 5.11 Å². The molecule has 0 aliphatic heterocycles. The number of urea groups is 1. The molecule has 21 heavy (non-hydrogen) atoms. The van der Waals surface area contributed by atoms with Gasteiger partial charge in [0.15, 0.2) is 0 Å². The first-order valence-corrected chi connectivity index (χ1v) is 7.01. The zero-order valence-electron chi connectivity index (χ0n) is 12.4. The molecule has 0 heterocycles. The number of aliphatic hydroxyl groups excluding tert-OH is 1. The van der Waals surface area contributed by atoms with Crippen LogP contribution in [0.3, 0.4) is 0 Å². The largest absolute Gasteiger partial charge is 0.396 e. The zero-order chi connectivity index (χ0) is 15.9. The van der Waals surface area contributed by atoms with Gasteiger partial charge < -0.3 is 15.7 Å². The van der Waals surface area contributed by atoms with Gasteiger partial charge in [0.1, 0.15) is 11.6 Å². The minimum atomic E-state index is -0.615. The SMILES string of the molecule is CCC(C)(CCO)NC(=O)NCCc1c(F)cccc1F. The zero-order valence-corrected chi connectivity index (χ0v) is 12.4. The van der Waals surface area contributed by atoms with E-state index >= 15 is 0 Å². The highest BCUT2D eigenvalue weighted by atomic mass is 19.1. The van der Waals surface area contributed by atoms with Crippen LogP contribution in [0.4, 0.5) is 13.6 Å². The standard InChI is InChI=1S/C15H22F2N2O2/c1-3-15(2,8-10-20)19-14(21)18-9-7-11-12(16)5-4-6-13(11)17/h4-6,20H,3,7-10H2,1-2H3,(H2,18,19,21). The van der Waals surface area contributed by atoms with Crippen LogP contribution >= 0.6 is 0 Å². The fourth-order valence-electron chi connectivity index (χ4n) is 1.96. The van der Waals surface area contributed by atoms with Gasteiger partial charge in [-0.2, -0.15) is 0 Å². The van der Waals surface area contributed by atoms with Gasteiger partial charge >= 0.3 is 6.03 Å². The van der Waals surface area contributed by atoms with E-state index in [2.05, 4.69) is 10.6 Å². The molecule has 0 aliphatic rings. The summed E-state index contributed by atoms with van der Waals surface area (Å²) in [6.07, 6.45) is 1.19. The number of halogens is 2. The van der Waals surface area contributed by atoms with Gasteiger partial charge in [0, 0.05) is 24.3 Å². The first-order chi connectivity index (χ1) is 9.91. The average Bonchev–Trinajstić information content (AvgIpc) is 2.42. The lowest BCUT2D eigenvalue weighted by molar-refractivity contribution is 0.201. The molecule has 1 aromatic carbocycles. The number of nitrogens with one attached hydrogen (secondary N) is 2. The van der Waals surface area contributed by atoms with E-state index in [1.54, 1.807) is 0 Å². The molecule has 0 fully saturated rings. The minimum absolute atomic E-state index is 0.0228. The van der Waals surface area contributed by atoms with Gasteiger partial charge in [0.2, 0.25) is 0 Å². The van der Waals surface area contributed by atoms with Crippen molar-refractivity contribution in [2.45, 2.75) is 38.6 Å². The Morgan fingerprint density at radius 2 is 1.95 bits per heavy atom. The summed E-state index contributed by atoms with van der Waals surface area (Å²) < 4.78 is 26.8. The quantitative estimate of drug-likeness (QED) is 0.724. The van der Waals surface area contributed by atoms with Crippen LogP contribution in [0.1, 0.15) is 32.3 Å². The van der Waals surface area contributed by atoms with Crippen molar-refractivity contribution in [3.63, 3.8) is 0 Å². The van der Waals surface area contributed by atoms with Crippen LogP contribution in [-0.2, 0) is 6.42 Å². The lowest BCUT2D eigenvalue weighted by Crippen LogP contribution is -2.50. The topological polar surface area (TPSA) is 61.4 Å². The molecule has 1 atom stereocenters. The highest BCUT2D eigenvalue weighted by molar-refractivity contribution is 5.74. The maximum atomic E-state index is 13.4. The molecular weight excluding hydrogens is 278 g/mol. The molecule has 0 saturated heterocycles. The Labute approximate surface area is 123 Å². The summed E-state index contributed by atoms with van der Waals surface area (Å²) in [5, 5.41) is 14.3. The summed E-state index contributed by atoms with van der Waals surface area (Å²) in [5.74, 6) is -1.23. The third-order valence-corrected chi connectivity index (χ3v) is 3.58. The number of aliphatic hydroxyl groups is 1. The monoisotopic (exact) mass is 300 g/mol. The molecular formula is C15H22F2N2O2. The van der Waals surface area contributed by atoms with Gasteiger partial charge in [0.05, 0.1) is 0 Å². The highest BCUT2D eigenvalue weighted by Crippen LogP contribution is 2.14. The molecule has 1 aromatic rings. The molecule has 0 aromatic heterocycles. The molecule has 0 aliphatic carbocycles. The molecule has 1 rings (SSSR count). The van der Waals surface area contributed by atoms with E-state index < -0.39 is 23.2 Å². The second-order valence-electron chi connectivity index (χ2n) is 5.22. The van der Waals surface area contributed by atoms with Crippen LogP contribution in [0.25, 0.3) is 0 Å². The van der Waals surface area contributed by atoms with Gasteiger partial charge in [-0.05, 0) is 38.3 Å². The van der Waals surface area contributed by atoms with Crippen molar-refractivity contribution >= 4 is 6.03 Å².